The van der Waals surface area contributed by atoms with Gasteiger partial charge >= 0.3 is 0 Å². The van der Waals surface area contributed by atoms with E-state index in [1.54, 1.807) is 18.2 Å². The molecule has 0 atom stereocenters. The second-order valence-electron chi connectivity index (χ2n) is 5.22. The van der Waals surface area contributed by atoms with Crippen molar-refractivity contribution in [2.75, 3.05) is 23.9 Å². The van der Waals surface area contributed by atoms with Crippen LogP contribution in [0.2, 0.25) is 0 Å². The van der Waals surface area contributed by atoms with Crippen LogP contribution in [0.5, 0.6) is 5.75 Å². The third-order valence-electron chi connectivity index (χ3n) is 3.66. The van der Waals surface area contributed by atoms with Crippen LogP contribution in [0.3, 0.4) is 0 Å². The molecule has 1 aliphatic rings. The van der Waals surface area contributed by atoms with Crippen molar-refractivity contribution in [2.24, 2.45) is 0 Å². The van der Waals surface area contributed by atoms with Crippen molar-refractivity contribution in [1.29, 1.82) is 0 Å². The minimum absolute atomic E-state index is 0. The first-order chi connectivity index (χ1) is 9.92. The highest BCUT2D eigenvalue weighted by molar-refractivity contribution is 7.92. The first-order valence-corrected chi connectivity index (χ1v) is 8.59. The Bertz CT molecular complexity index is 628. The third kappa shape index (κ3) is 4.51. The molecule has 1 fully saturated rings. The molecule has 0 radical (unpaired) electrons. The van der Waals surface area contributed by atoms with E-state index in [9.17, 15) is 13.2 Å². The number of amides is 1. The molecule has 22 heavy (non-hydrogen) atoms. The predicted octanol–water partition coefficient (Wildman–Crippen LogP) is 2.00. The number of nitrogens with two attached hydrogens (primary N) is 1. The van der Waals surface area contributed by atoms with Gasteiger partial charge in [0.15, 0.2) is 9.84 Å². The van der Waals surface area contributed by atoms with E-state index in [4.69, 9.17) is 10.5 Å². The molecule has 8 heteroatoms. The fourth-order valence-corrected chi connectivity index (χ4v) is 4.28. The molecular weight excluding hydrogens is 328 g/mol. The van der Waals surface area contributed by atoms with E-state index < -0.39 is 21.5 Å². The van der Waals surface area contributed by atoms with Crippen molar-refractivity contribution in [2.45, 2.75) is 30.9 Å². The summed E-state index contributed by atoms with van der Waals surface area (Å²) < 4.78 is 29.2. The van der Waals surface area contributed by atoms with Gasteiger partial charge in [-0.05, 0) is 31.0 Å². The molecule has 0 saturated heterocycles. The standard InChI is InChI=1S/C14H20N2O4S.ClH/c1-20-13-7-6-10(8-12(13)15)16-14(17)9-21(18,19)11-4-2-3-5-11;/h6-8,11H,2-5,9,15H2,1H3,(H,16,17);1H. The number of hydrogen-bond acceptors (Lipinski definition) is 5. The van der Waals surface area contributed by atoms with E-state index in [1.165, 1.54) is 7.11 Å². The van der Waals surface area contributed by atoms with Gasteiger partial charge in [0.25, 0.3) is 0 Å². The number of ether oxygens (including phenoxy) is 1. The van der Waals surface area contributed by atoms with Crippen molar-refractivity contribution < 1.29 is 17.9 Å². The Kier molecular flexibility index (Phi) is 6.49. The van der Waals surface area contributed by atoms with E-state index in [0.717, 1.165) is 12.8 Å². The SMILES string of the molecule is COc1ccc(NC(=O)CS(=O)(=O)C2CCCC2)cc1N.Cl. The highest BCUT2D eigenvalue weighted by atomic mass is 35.5. The molecule has 0 heterocycles. The molecule has 124 valence electrons. The highest BCUT2D eigenvalue weighted by Crippen LogP contribution is 2.26. The number of hydrogen-bond donors (Lipinski definition) is 2. The second-order valence-corrected chi connectivity index (χ2v) is 7.50. The van der Waals surface area contributed by atoms with Crippen LogP contribution in [0.25, 0.3) is 0 Å². The first-order valence-electron chi connectivity index (χ1n) is 6.87. The van der Waals surface area contributed by atoms with Crippen LogP contribution in [-0.2, 0) is 14.6 Å². The Balaban J connectivity index is 0.00000242. The van der Waals surface area contributed by atoms with Gasteiger partial charge < -0.3 is 15.8 Å². The van der Waals surface area contributed by atoms with E-state index in [-0.39, 0.29) is 17.7 Å². The molecular formula is C14H21ClN2O4S. The van der Waals surface area contributed by atoms with Gasteiger partial charge in [0.2, 0.25) is 5.91 Å². The number of halogens is 1. The topological polar surface area (TPSA) is 98.5 Å². The number of rotatable bonds is 5. The maximum Gasteiger partial charge on any atom is 0.239 e. The molecule has 0 spiro atoms. The maximum absolute atomic E-state index is 12.1. The number of nitrogens with one attached hydrogen (secondary N) is 1. The summed E-state index contributed by atoms with van der Waals surface area (Å²) in [6, 6.07) is 4.78. The number of sulfone groups is 1. The van der Waals surface area contributed by atoms with Crippen molar-refractivity contribution in [1.82, 2.24) is 0 Å². The average molecular weight is 349 g/mol. The van der Waals surface area contributed by atoms with Crippen molar-refractivity contribution >= 4 is 39.5 Å². The van der Waals surface area contributed by atoms with Crippen LogP contribution in [-0.4, -0.2) is 32.4 Å². The van der Waals surface area contributed by atoms with Crippen molar-refractivity contribution in [3.8, 4) is 5.75 Å². The van der Waals surface area contributed by atoms with Gasteiger partial charge in [-0.3, -0.25) is 4.79 Å². The lowest BCUT2D eigenvalue weighted by Crippen LogP contribution is -2.29. The molecule has 1 aromatic rings. The summed E-state index contributed by atoms with van der Waals surface area (Å²) in [5, 5.41) is 2.19. The maximum atomic E-state index is 12.1. The molecule has 1 amide bonds. The van der Waals surface area contributed by atoms with E-state index in [2.05, 4.69) is 5.32 Å². The summed E-state index contributed by atoms with van der Waals surface area (Å²) in [5.74, 6) is -0.512. The summed E-state index contributed by atoms with van der Waals surface area (Å²) >= 11 is 0. The van der Waals surface area contributed by atoms with Gasteiger partial charge in [-0.25, -0.2) is 8.42 Å². The third-order valence-corrected chi connectivity index (χ3v) is 5.81. The number of carbonyl (C=O) groups excluding carboxylic acids is 1. The summed E-state index contributed by atoms with van der Waals surface area (Å²) in [6.07, 6.45) is 3.15. The predicted molar refractivity (Wildman–Crippen MR) is 89.3 cm³/mol. The zero-order chi connectivity index (χ0) is 15.5. The fourth-order valence-electron chi connectivity index (χ4n) is 2.56. The highest BCUT2D eigenvalue weighted by Gasteiger charge is 2.30. The lowest BCUT2D eigenvalue weighted by atomic mass is 10.2. The summed E-state index contributed by atoms with van der Waals surface area (Å²) in [7, 11) is -1.87. The number of carbonyl (C=O) groups is 1. The number of benzene rings is 1. The van der Waals surface area contributed by atoms with E-state index >= 15 is 0 Å². The Morgan fingerprint density at radius 2 is 2.00 bits per heavy atom. The van der Waals surface area contributed by atoms with Crippen LogP contribution >= 0.6 is 12.4 Å². The molecule has 1 aromatic carbocycles. The minimum atomic E-state index is -3.37. The van der Waals surface area contributed by atoms with Gasteiger partial charge in [0.1, 0.15) is 11.5 Å². The van der Waals surface area contributed by atoms with Crippen LogP contribution in [0.4, 0.5) is 11.4 Å². The smallest absolute Gasteiger partial charge is 0.239 e. The zero-order valence-electron chi connectivity index (χ0n) is 12.4. The molecule has 3 N–H and O–H groups in total. The average Bonchev–Trinajstić information content (AvgIpc) is 2.92. The Morgan fingerprint density at radius 3 is 2.55 bits per heavy atom. The minimum Gasteiger partial charge on any atom is -0.495 e. The first kappa shape index (κ1) is 18.6. The Hall–Kier alpha value is -1.47. The lowest BCUT2D eigenvalue weighted by Gasteiger charge is -2.12. The van der Waals surface area contributed by atoms with Gasteiger partial charge in [-0.2, -0.15) is 0 Å². The molecule has 6 nitrogen and oxygen atoms in total. The molecule has 0 unspecified atom stereocenters. The van der Waals surface area contributed by atoms with E-state index in [1.807, 2.05) is 0 Å². The normalized spacial score (nSPS) is 15.1. The molecule has 0 aromatic heterocycles. The molecule has 1 saturated carbocycles. The Labute approximate surface area is 136 Å². The number of anilines is 2. The molecule has 0 aliphatic heterocycles. The molecule has 0 bridgehead atoms. The van der Waals surface area contributed by atoms with Crippen LogP contribution in [0.15, 0.2) is 18.2 Å². The lowest BCUT2D eigenvalue weighted by molar-refractivity contribution is -0.113. The molecule has 2 rings (SSSR count). The van der Waals surface area contributed by atoms with E-state index in [0.29, 0.717) is 30.0 Å². The summed E-state index contributed by atoms with van der Waals surface area (Å²) in [6.45, 7) is 0. The number of methoxy groups -OCH3 is 1. The zero-order valence-corrected chi connectivity index (χ0v) is 14.0. The van der Waals surface area contributed by atoms with Crippen LogP contribution in [0.1, 0.15) is 25.7 Å². The van der Waals surface area contributed by atoms with Crippen molar-refractivity contribution in [3.05, 3.63) is 18.2 Å². The number of nitrogen functional groups attached to an aromatic ring is 1. The Morgan fingerprint density at radius 1 is 1.36 bits per heavy atom. The van der Waals surface area contributed by atoms with Gasteiger partial charge in [-0.1, -0.05) is 12.8 Å². The van der Waals surface area contributed by atoms with Gasteiger partial charge in [0, 0.05) is 5.69 Å². The van der Waals surface area contributed by atoms with Crippen molar-refractivity contribution in [3.63, 3.8) is 0 Å². The van der Waals surface area contributed by atoms with Crippen LogP contribution < -0.4 is 15.8 Å². The van der Waals surface area contributed by atoms with Gasteiger partial charge in [0.05, 0.1) is 18.0 Å². The monoisotopic (exact) mass is 348 g/mol. The quantitative estimate of drug-likeness (QED) is 0.793. The second kappa shape index (κ2) is 7.69. The fraction of sp³-hybridized carbons (Fsp3) is 0.500. The summed E-state index contributed by atoms with van der Waals surface area (Å²) in [5.41, 5.74) is 6.58. The largest absolute Gasteiger partial charge is 0.495 e. The van der Waals surface area contributed by atoms with Crippen LogP contribution in [0, 0.1) is 0 Å². The summed E-state index contributed by atoms with van der Waals surface area (Å²) in [4.78, 5) is 11.9. The van der Waals surface area contributed by atoms with Gasteiger partial charge in [-0.15, -0.1) is 12.4 Å². The molecule has 1 aliphatic carbocycles.